The first kappa shape index (κ1) is 13.8. The summed E-state index contributed by atoms with van der Waals surface area (Å²) in [5.41, 5.74) is 0. The Balaban J connectivity index is 2.41. The predicted molar refractivity (Wildman–Crippen MR) is 59.3 cm³/mol. The summed E-state index contributed by atoms with van der Waals surface area (Å²) < 4.78 is 36.6. The molecule has 1 nitrogen and oxygen atoms in total. The van der Waals surface area contributed by atoms with E-state index in [4.69, 9.17) is 0 Å². The van der Waals surface area contributed by atoms with Crippen molar-refractivity contribution in [2.75, 3.05) is 6.54 Å². The first-order chi connectivity index (χ1) is 7.42. The minimum atomic E-state index is -4.02. The minimum Gasteiger partial charge on any atom is -0.314 e. The van der Waals surface area contributed by atoms with Gasteiger partial charge in [0.1, 0.15) is 0 Å². The SMILES string of the molecule is CCNC(CCC(F)(F)F)C1CCC(C)C1. The molecule has 0 radical (unpaired) electrons. The Morgan fingerprint density at radius 1 is 1.31 bits per heavy atom. The number of hydrogen-bond acceptors (Lipinski definition) is 1. The number of nitrogens with one attached hydrogen (secondary N) is 1. The van der Waals surface area contributed by atoms with Gasteiger partial charge < -0.3 is 5.32 Å². The molecule has 16 heavy (non-hydrogen) atoms. The molecule has 96 valence electrons. The van der Waals surface area contributed by atoms with Crippen molar-refractivity contribution in [1.82, 2.24) is 5.32 Å². The average molecular weight is 237 g/mol. The maximum Gasteiger partial charge on any atom is 0.389 e. The van der Waals surface area contributed by atoms with Gasteiger partial charge in [-0.2, -0.15) is 13.2 Å². The van der Waals surface area contributed by atoms with Crippen LogP contribution in [0.5, 0.6) is 0 Å². The zero-order valence-corrected chi connectivity index (χ0v) is 10.1. The van der Waals surface area contributed by atoms with Crippen LogP contribution in [0.2, 0.25) is 0 Å². The highest BCUT2D eigenvalue weighted by atomic mass is 19.4. The molecule has 3 atom stereocenters. The van der Waals surface area contributed by atoms with Crippen molar-refractivity contribution >= 4 is 0 Å². The summed E-state index contributed by atoms with van der Waals surface area (Å²) in [6.45, 7) is 4.90. The van der Waals surface area contributed by atoms with Crippen LogP contribution in [0, 0.1) is 11.8 Å². The second kappa shape index (κ2) is 5.89. The Labute approximate surface area is 95.8 Å². The Morgan fingerprint density at radius 3 is 2.44 bits per heavy atom. The molecule has 0 aromatic heterocycles. The quantitative estimate of drug-likeness (QED) is 0.768. The van der Waals surface area contributed by atoms with Crippen LogP contribution < -0.4 is 5.32 Å². The minimum absolute atomic E-state index is 0.0524. The summed E-state index contributed by atoms with van der Waals surface area (Å²) >= 11 is 0. The molecule has 0 aromatic carbocycles. The third kappa shape index (κ3) is 4.73. The monoisotopic (exact) mass is 237 g/mol. The van der Waals surface area contributed by atoms with E-state index in [-0.39, 0.29) is 12.5 Å². The van der Waals surface area contributed by atoms with Gasteiger partial charge in [0, 0.05) is 12.5 Å². The summed E-state index contributed by atoms with van der Waals surface area (Å²) in [6.07, 6.45) is -1.12. The molecular weight excluding hydrogens is 215 g/mol. The van der Waals surface area contributed by atoms with Gasteiger partial charge in [0.15, 0.2) is 0 Å². The predicted octanol–water partition coefficient (Wildman–Crippen LogP) is 3.74. The van der Waals surface area contributed by atoms with Crippen molar-refractivity contribution in [3.8, 4) is 0 Å². The van der Waals surface area contributed by atoms with Gasteiger partial charge in [0.25, 0.3) is 0 Å². The zero-order chi connectivity index (χ0) is 12.2. The highest BCUT2D eigenvalue weighted by molar-refractivity contribution is 4.83. The molecule has 0 aromatic rings. The Kier molecular flexibility index (Phi) is 5.09. The third-order valence-electron chi connectivity index (χ3n) is 3.51. The highest BCUT2D eigenvalue weighted by Gasteiger charge is 2.33. The van der Waals surface area contributed by atoms with Gasteiger partial charge in [-0.3, -0.25) is 0 Å². The van der Waals surface area contributed by atoms with E-state index in [0.29, 0.717) is 11.8 Å². The molecule has 0 heterocycles. The van der Waals surface area contributed by atoms with Crippen molar-refractivity contribution in [3.05, 3.63) is 0 Å². The maximum absolute atomic E-state index is 12.2. The molecule has 1 saturated carbocycles. The van der Waals surface area contributed by atoms with Crippen LogP contribution in [0.25, 0.3) is 0 Å². The lowest BCUT2D eigenvalue weighted by molar-refractivity contribution is -0.137. The molecule has 0 aliphatic heterocycles. The largest absolute Gasteiger partial charge is 0.389 e. The molecule has 4 heteroatoms. The number of rotatable bonds is 5. The van der Waals surface area contributed by atoms with E-state index >= 15 is 0 Å². The van der Waals surface area contributed by atoms with E-state index < -0.39 is 12.6 Å². The van der Waals surface area contributed by atoms with Crippen molar-refractivity contribution in [1.29, 1.82) is 0 Å². The van der Waals surface area contributed by atoms with Gasteiger partial charge in [-0.25, -0.2) is 0 Å². The topological polar surface area (TPSA) is 12.0 Å². The van der Waals surface area contributed by atoms with Gasteiger partial charge in [-0.15, -0.1) is 0 Å². The summed E-state index contributed by atoms with van der Waals surface area (Å²) in [5.74, 6) is 1.12. The van der Waals surface area contributed by atoms with Gasteiger partial charge in [-0.05, 0) is 37.6 Å². The van der Waals surface area contributed by atoms with Gasteiger partial charge in [0.05, 0.1) is 0 Å². The Morgan fingerprint density at radius 2 is 2.00 bits per heavy atom. The van der Waals surface area contributed by atoms with Crippen LogP contribution in [0.15, 0.2) is 0 Å². The van der Waals surface area contributed by atoms with Crippen LogP contribution >= 0.6 is 0 Å². The fourth-order valence-corrected chi connectivity index (χ4v) is 2.70. The number of alkyl halides is 3. The molecule has 0 amide bonds. The van der Waals surface area contributed by atoms with E-state index in [1.54, 1.807) is 0 Å². The van der Waals surface area contributed by atoms with Crippen LogP contribution in [-0.2, 0) is 0 Å². The number of hydrogen-bond donors (Lipinski definition) is 1. The smallest absolute Gasteiger partial charge is 0.314 e. The van der Waals surface area contributed by atoms with E-state index in [1.807, 2.05) is 6.92 Å². The summed E-state index contributed by atoms with van der Waals surface area (Å²) in [6, 6.07) is 0.0524. The lowest BCUT2D eigenvalue weighted by atomic mass is 9.93. The van der Waals surface area contributed by atoms with Crippen molar-refractivity contribution in [2.45, 2.75) is 58.2 Å². The Hall–Kier alpha value is -0.250. The number of halogens is 3. The molecule has 3 unspecified atom stereocenters. The van der Waals surface area contributed by atoms with Crippen molar-refractivity contribution in [2.24, 2.45) is 11.8 Å². The normalized spacial score (nSPS) is 28.3. The molecule has 1 aliphatic carbocycles. The molecule has 1 aliphatic rings. The fourth-order valence-electron chi connectivity index (χ4n) is 2.70. The van der Waals surface area contributed by atoms with E-state index in [1.165, 1.54) is 6.42 Å². The lowest BCUT2D eigenvalue weighted by Crippen LogP contribution is -2.36. The first-order valence-corrected chi connectivity index (χ1v) is 6.22. The van der Waals surface area contributed by atoms with Crippen LogP contribution in [0.3, 0.4) is 0 Å². The molecule has 0 saturated heterocycles. The van der Waals surface area contributed by atoms with E-state index in [9.17, 15) is 13.2 Å². The van der Waals surface area contributed by atoms with Gasteiger partial charge in [-0.1, -0.05) is 20.3 Å². The fraction of sp³-hybridized carbons (Fsp3) is 1.00. The second-order valence-corrected chi connectivity index (χ2v) is 5.00. The average Bonchev–Trinajstić information content (AvgIpc) is 2.57. The molecular formula is C12H22F3N. The second-order valence-electron chi connectivity index (χ2n) is 5.00. The van der Waals surface area contributed by atoms with Crippen LogP contribution in [0.1, 0.15) is 46.0 Å². The van der Waals surface area contributed by atoms with Crippen LogP contribution in [0.4, 0.5) is 13.2 Å². The zero-order valence-electron chi connectivity index (χ0n) is 10.1. The maximum atomic E-state index is 12.2. The van der Waals surface area contributed by atoms with E-state index in [2.05, 4.69) is 12.2 Å². The van der Waals surface area contributed by atoms with Gasteiger partial charge >= 0.3 is 6.18 Å². The first-order valence-electron chi connectivity index (χ1n) is 6.22. The third-order valence-corrected chi connectivity index (χ3v) is 3.51. The molecule has 1 rings (SSSR count). The standard InChI is InChI=1S/C12H22F3N/c1-3-16-11(6-7-12(13,14)15)10-5-4-9(2)8-10/h9-11,16H,3-8H2,1-2H3. The highest BCUT2D eigenvalue weighted by Crippen LogP contribution is 2.35. The van der Waals surface area contributed by atoms with E-state index in [0.717, 1.165) is 19.4 Å². The molecule has 1 N–H and O–H groups in total. The Bertz CT molecular complexity index is 203. The van der Waals surface area contributed by atoms with Crippen molar-refractivity contribution < 1.29 is 13.2 Å². The molecule has 0 bridgehead atoms. The van der Waals surface area contributed by atoms with Crippen molar-refractivity contribution in [3.63, 3.8) is 0 Å². The molecule has 0 spiro atoms. The summed E-state index contributed by atoms with van der Waals surface area (Å²) in [7, 11) is 0. The lowest BCUT2D eigenvalue weighted by Gasteiger charge is -2.25. The summed E-state index contributed by atoms with van der Waals surface area (Å²) in [4.78, 5) is 0. The molecule has 1 fully saturated rings. The summed E-state index contributed by atoms with van der Waals surface area (Å²) in [5, 5.41) is 3.22. The van der Waals surface area contributed by atoms with Crippen LogP contribution in [-0.4, -0.2) is 18.8 Å². The van der Waals surface area contributed by atoms with Gasteiger partial charge in [0.2, 0.25) is 0 Å².